The number of aryl methyl sites for hydroxylation is 2. The van der Waals surface area contributed by atoms with Crippen molar-refractivity contribution in [1.29, 1.82) is 0 Å². The lowest BCUT2D eigenvalue weighted by Gasteiger charge is -2.09. The highest BCUT2D eigenvalue weighted by Crippen LogP contribution is 2.28. The minimum absolute atomic E-state index is 0.285. The van der Waals surface area contributed by atoms with Crippen LogP contribution in [0, 0.1) is 13.8 Å². The summed E-state index contributed by atoms with van der Waals surface area (Å²) in [5.41, 5.74) is 6.36. The van der Waals surface area contributed by atoms with Gasteiger partial charge in [0.2, 0.25) is 5.89 Å². The topological polar surface area (TPSA) is 93.5 Å². The number of urea groups is 1. The second kappa shape index (κ2) is 10.0. The molecule has 0 atom stereocenters. The van der Waals surface area contributed by atoms with Gasteiger partial charge in [-0.2, -0.15) is 0 Å². The van der Waals surface area contributed by atoms with Crippen molar-refractivity contribution < 1.29 is 18.7 Å². The van der Waals surface area contributed by atoms with Crippen LogP contribution >= 0.6 is 0 Å². The third-order valence-corrected chi connectivity index (χ3v) is 5.19. The van der Waals surface area contributed by atoms with Gasteiger partial charge >= 0.3 is 12.0 Å². The molecular weight excluding hydrogens is 430 g/mol. The Balaban J connectivity index is 1.41. The molecule has 0 saturated heterocycles. The number of aromatic nitrogens is 1. The number of esters is 1. The molecule has 0 aliphatic carbocycles. The number of nitrogens with zero attached hydrogens (tertiary/aromatic N) is 1. The zero-order chi connectivity index (χ0) is 24.1. The zero-order valence-electron chi connectivity index (χ0n) is 19.2. The van der Waals surface area contributed by atoms with Gasteiger partial charge in [-0.25, -0.2) is 14.6 Å². The molecule has 4 aromatic rings. The number of hydrogen-bond donors (Lipinski definition) is 2. The van der Waals surface area contributed by atoms with Crippen LogP contribution in [0.15, 0.2) is 77.4 Å². The van der Waals surface area contributed by atoms with Crippen LogP contribution in [0.25, 0.3) is 22.7 Å². The molecule has 0 aliphatic heterocycles. The minimum Gasteiger partial charge on any atom is -0.462 e. The summed E-state index contributed by atoms with van der Waals surface area (Å²) in [6.45, 7) is 6.11. The van der Waals surface area contributed by atoms with E-state index in [0.29, 0.717) is 22.8 Å². The molecule has 0 spiro atoms. The van der Waals surface area contributed by atoms with E-state index in [1.54, 1.807) is 49.6 Å². The molecule has 0 bridgehead atoms. The number of amides is 2. The van der Waals surface area contributed by atoms with E-state index in [9.17, 15) is 9.59 Å². The summed E-state index contributed by atoms with van der Waals surface area (Å²) in [5, 5.41) is 5.49. The molecule has 7 nitrogen and oxygen atoms in total. The first-order valence-corrected chi connectivity index (χ1v) is 10.9. The van der Waals surface area contributed by atoms with Crippen molar-refractivity contribution in [3.05, 3.63) is 89.7 Å². The van der Waals surface area contributed by atoms with Gasteiger partial charge < -0.3 is 19.8 Å². The maximum absolute atomic E-state index is 12.4. The highest BCUT2D eigenvalue weighted by atomic mass is 16.5. The first-order chi connectivity index (χ1) is 16.4. The van der Waals surface area contributed by atoms with Crippen LogP contribution in [0.3, 0.4) is 0 Å². The van der Waals surface area contributed by atoms with Crippen molar-refractivity contribution in [1.82, 2.24) is 4.98 Å². The second-order valence-electron chi connectivity index (χ2n) is 7.81. The molecule has 0 aliphatic rings. The van der Waals surface area contributed by atoms with E-state index >= 15 is 0 Å². The smallest absolute Gasteiger partial charge is 0.338 e. The average molecular weight is 456 g/mol. The van der Waals surface area contributed by atoms with Crippen molar-refractivity contribution >= 4 is 23.4 Å². The van der Waals surface area contributed by atoms with E-state index in [4.69, 9.17) is 9.15 Å². The number of benzene rings is 3. The second-order valence-corrected chi connectivity index (χ2v) is 7.81. The normalized spacial score (nSPS) is 10.6. The Kier molecular flexibility index (Phi) is 6.73. The van der Waals surface area contributed by atoms with Crippen LogP contribution in [0.2, 0.25) is 0 Å². The summed E-state index contributed by atoms with van der Waals surface area (Å²) in [5.74, 6) is 0.0667. The Hall–Kier alpha value is -4.39. The third-order valence-electron chi connectivity index (χ3n) is 5.19. The highest BCUT2D eigenvalue weighted by Gasteiger charge is 2.12. The molecular formula is C27H25N3O4. The van der Waals surface area contributed by atoms with E-state index in [2.05, 4.69) is 33.8 Å². The molecule has 1 heterocycles. The fraction of sp³-hybridized carbons (Fsp3) is 0.148. The number of oxazole rings is 1. The Labute approximate surface area is 197 Å². The van der Waals surface area contributed by atoms with E-state index in [1.807, 2.05) is 26.0 Å². The lowest BCUT2D eigenvalue weighted by Crippen LogP contribution is -2.19. The van der Waals surface area contributed by atoms with Gasteiger partial charge in [-0.05, 0) is 74.9 Å². The molecule has 7 heteroatoms. The number of rotatable bonds is 6. The van der Waals surface area contributed by atoms with E-state index in [1.165, 1.54) is 0 Å². The van der Waals surface area contributed by atoms with Gasteiger partial charge in [-0.1, -0.05) is 23.8 Å². The summed E-state index contributed by atoms with van der Waals surface area (Å²) in [4.78, 5) is 28.9. The van der Waals surface area contributed by atoms with Gasteiger partial charge in [0.1, 0.15) is 12.0 Å². The van der Waals surface area contributed by atoms with Crippen LogP contribution in [0.1, 0.15) is 28.4 Å². The van der Waals surface area contributed by atoms with Crippen molar-refractivity contribution in [2.45, 2.75) is 20.8 Å². The first kappa shape index (κ1) is 22.8. The Morgan fingerprint density at radius 3 is 2.47 bits per heavy atom. The summed E-state index contributed by atoms with van der Waals surface area (Å²) in [7, 11) is 0. The predicted molar refractivity (Wildman–Crippen MR) is 132 cm³/mol. The monoisotopic (exact) mass is 455 g/mol. The summed E-state index contributed by atoms with van der Waals surface area (Å²) in [6.07, 6.45) is 1.65. The number of carbonyl (C=O) groups is 2. The van der Waals surface area contributed by atoms with Gasteiger partial charge in [0, 0.05) is 22.5 Å². The van der Waals surface area contributed by atoms with E-state index in [0.717, 1.165) is 27.9 Å². The lowest BCUT2D eigenvalue weighted by atomic mass is 10.0. The van der Waals surface area contributed by atoms with Crippen molar-refractivity contribution in [2.24, 2.45) is 0 Å². The van der Waals surface area contributed by atoms with Crippen LogP contribution in [0.5, 0.6) is 0 Å². The maximum atomic E-state index is 12.4. The molecule has 34 heavy (non-hydrogen) atoms. The van der Waals surface area contributed by atoms with E-state index in [-0.39, 0.29) is 6.61 Å². The van der Waals surface area contributed by atoms with Crippen LogP contribution in [-0.4, -0.2) is 23.6 Å². The fourth-order valence-corrected chi connectivity index (χ4v) is 3.47. The molecule has 1 aromatic heterocycles. The van der Waals surface area contributed by atoms with Gasteiger partial charge in [-0.3, -0.25) is 0 Å². The van der Waals surface area contributed by atoms with Gasteiger partial charge in [0.15, 0.2) is 0 Å². The molecule has 0 radical (unpaired) electrons. The molecule has 2 N–H and O–H groups in total. The summed E-state index contributed by atoms with van der Waals surface area (Å²) in [6, 6.07) is 19.6. The largest absolute Gasteiger partial charge is 0.462 e. The van der Waals surface area contributed by atoms with E-state index < -0.39 is 12.0 Å². The molecule has 172 valence electrons. The fourth-order valence-electron chi connectivity index (χ4n) is 3.47. The third kappa shape index (κ3) is 5.32. The van der Waals surface area contributed by atoms with Gasteiger partial charge in [-0.15, -0.1) is 0 Å². The number of hydrogen-bond acceptors (Lipinski definition) is 5. The predicted octanol–water partition coefficient (Wildman–Crippen LogP) is 6.45. The molecule has 2 amide bonds. The number of nitrogens with one attached hydrogen (secondary N) is 2. The lowest BCUT2D eigenvalue weighted by molar-refractivity contribution is 0.0526. The highest BCUT2D eigenvalue weighted by molar-refractivity contribution is 6.00. The quantitative estimate of drug-likeness (QED) is 0.326. The summed E-state index contributed by atoms with van der Waals surface area (Å²) < 4.78 is 10.7. The minimum atomic E-state index is -0.436. The number of carbonyl (C=O) groups excluding carboxylic acids is 2. The molecule has 0 unspecified atom stereocenters. The van der Waals surface area contributed by atoms with Crippen molar-refractivity contribution in [2.75, 3.05) is 17.2 Å². The Morgan fingerprint density at radius 2 is 1.71 bits per heavy atom. The first-order valence-electron chi connectivity index (χ1n) is 10.9. The Morgan fingerprint density at radius 1 is 0.941 bits per heavy atom. The molecule has 3 aromatic carbocycles. The number of anilines is 2. The van der Waals surface area contributed by atoms with Gasteiger partial charge in [0.05, 0.1) is 12.2 Å². The van der Waals surface area contributed by atoms with Crippen molar-refractivity contribution in [3.63, 3.8) is 0 Å². The molecule has 0 saturated carbocycles. The maximum Gasteiger partial charge on any atom is 0.338 e. The van der Waals surface area contributed by atoms with Crippen molar-refractivity contribution in [3.8, 4) is 22.7 Å². The van der Waals surface area contributed by atoms with Gasteiger partial charge in [0.25, 0.3) is 0 Å². The SMILES string of the molecule is CCOC(=O)c1cccc(NC(=O)Nc2ccc(-c3nc(-c4cc(C)ccc4C)co3)cc2)c1. The Bertz CT molecular complexity index is 1330. The molecule has 4 rings (SSSR count). The van der Waals surface area contributed by atoms with Crippen LogP contribution in [0.4, 0.5) is 16.2 Å². The van der Waals surface area contributed by atoms with Crippen LogP contribution in [-0.2, 0) is 4.74 Å². The number of ether oxygens (including phenoxy) is 1. The molecule has 0 fully saturated rings. The van der Waals surface area contributed by atoms with Crippen LogP contribution < -0.4 is 10.6 Å². The average Bonchev–Trinajstić information content (AvgIpc) is 3.31. The summed E-state index contributed by atoms with van der Waals surface area (Å²) >= 11 is 0. The standard InChI is InChI=1S/C27H25N3O4/c1-4-33-26(31)20-6-5-7-22(15-20)29-27(32)28-21-12-10-19(11-13-21)25-30-24(16-34-25)23-14-17(2)8-9-18(23)3/h5-16H,4H2,1-3H3,(H2,28,29,32). The zero-order valence-corrected chi connectivity index (χ0v) is 19.2.